The number of benzene rings is 1. The molecule has 2 heteroatoms. The maximum absolute atomic E-state index is 5.80. The van der Waals surface area contributed by atoms with Crippen LogP contribution in [0.5, 0.6) is 0 Å². The molecule has 20 heavy (non-hydrogen) atoms. The highest BCUT2D eigenvalue weighted by molar-refractivity contribution is 5.22. The first-order valence-corrected chi connectivity index (χ1v) is 8.10. The Morgan fingerprint density at radius 3 is 2.75 bits per heavy atom. The molecule has 0 aliphatic heterocycles. The summed E-state index contributed by atoms with van der Waals surface area (Å²) in [6.45, 7) is 8.17. The maximum Gasteiger partial charge on any atom is 0.0716 e. The van der Waals surface area contributed by atoms with Gasteiger partial charge in [-0.3, -0.25) is 0 Å². The molecule has 1 aromatic carbocycles. The van der Waals surface area contributed by atoms with E-state index < -0.39 is 0 Å². The first-order valence-electron chi connectivity index (χ1n) is 8.10. The smallest absolute Gasteiger partial charge is 0.0716 e. The lowest BCUT2D eigenvalue weighted by Crippen LogP contribution is -2.19. The summed E-state index contributed by atoms with van der Waals surface area (Å²) in [5.74, 6) is 1.65. The van der Waals surface area contributed by atoms with Crippen LogP contribution < -0.4 is 5.32 Å². The summed E-state index contributed by atoms with van der Waals surface area (Å²) in [5.41, 5.74) is 2.65. The highest BCUT2D eigenvalue weighted by Gasteiger charge is 2.16. The summed E-state index contributed by atoms with van der Waals surface area (Å²) in [5, 5.41) is 3.48. The normalized spacial score (nSPS) is 15.6. The lowest BCUT2D eigenvalue weighted by atomic mass is 9.83. The third-order valence-electron chi connectivity index (χ3n) is 4.04. The van der Waals surface area contributed by atoms with Crippen LogP contribution in [-0.4, -0.2) is 13.2 Å². The zero-order valence-electron chi connectivity index (χ0n) is 13.0. The molecule has 1 fully saturated rings. The van der Waals surface area contributed by atoms with Gasteiger partial charge in [-0.1, -0.05) is 57.4 Å². The van der Waals surface area contributed by atoms with Gasteiger partial charge in [-0.25, -0.2) is 0 Å². The SMILES string of the molecule is CC(C)CNCc1cccc(COCCC2CCC2)c1. The van der Waals surface area contributed by atoms with Crippen molar-refractivity contribution in [2.24, 2.45) is 11.8 Å². The average molecular weight is 275 g/mol. The fourth-order valence-corrected chi connectivity index (χ4v) is 2.56. The summed E-state index contributed by atoms with van der Waals surface area (Å²) in [6.07, 6.45) is 5.51. The van der Waals surface area contributed by atoms with Crippen LogP contribution >= 0.6 is 0 Å². The van der Waals surface area contributed by atoms with Crippen molar-refractivity contribution in [1.82, 2.24) is 5.32 Å². The van der Waals surface area contributed by atoms with Crippen LogP contribution in [0.15, 0.2) is 24.3 Å². The molecule has 0 saturated heterocycles. The molecule has 1 N–H and O–H groups in total. The van der Waals surface area contributed by atoms with E-state index in [0.29, 0.717) is 5.92 Å². The average Bonchev–Trinajstić information content (AvgIpc) is 2.36. The molecule has 0 aromatic heterocycles. The second-order valence-electron chi connectivity index (χ2n) is 6.48. The molecule has 1 aromatic rings. The molecule has 0 amide bonds. The van der Waals surface area contributed by atoms with Crippen LogP contribution in [0.25, 0.3) is 0 Å². The van der Waals surface area contributed by atoms with Crippen molar-refractivity contribution in [3.05, 3.63) is 35.4 Å². The molecule has 2 rings (SSSR count). The molecule has 0 bridgehead atoms. The Bertz CT molecular complexity index is 385. The van der Waals surface area contributed by atoms with Gasteiger partial charge in [0, 0.05) is 13.2 Å². The van der Waals surface area contributed by atoms with Crippen LogP contribution in [0.4, 0.5) is 0 Å². The summed E-state index contributed by atoms with van der Waals surface area (Å²) in [7, 11) is 0. The summed E-state index contributed by atoms with van der Waals surface area (Å²) >= 11 is 0. The second-order valence-corrected chi connectivity index (χ2v) is 6.48. The van der Waals surface area contributed by atoms with Gasteiger partial charge in [0.2, 0.25) is 0 Å². The van der Waals surface area contributed by atoms with E-state index in [4.69, 9.17) is 4.74 Å². The number of rotatable bonds is 9. The van der Waals surface area contributed by atoms with Crippen molar-refractivity contribution >= 4 is 0 Å². The Hall–Kier alpha value is -0.860. The monoisotopic (exact) mass is 275 g/mol. The van der Waals surface area contributed by atoms with Gasteiger partial charge in [-0.15, -0.1) is 0 Å². The zero-order chi connectivity index (χ0) is 14.2. The van der Waals surface area contributed by atoms with Gasteiger partial charge in [-0.05, 0) is 35.9 Å². The van der Waals surface area contributed by atoms with E-state index in [0.717, 1.165) is 32.2 Å². The maximum atomic E-state index is 5.80. The molecule has 1 aliphatic rings. The number of ether oxygens (including phenoxy) is 1. The fourth-order valence-electron chi connectivity index (χ4n) is 2.56. The lowest BCUT2D eigenvalue weighted by Gasteiger charge is -2.24. The summed E-state index contributed by atoms with van der Waals surface area (Å²) in [6, 6.07) is 8.74. The van der Waals surface area contributed by atoms with Crippen molar-refractivity contribution < 1.29 is 4.74 Å². The van der Waals surface area contributed by atoms with E-state index in [1.54, 1.807) is 0 Å². The van der Waals surface area contributed by atoms with E-state index in [1.165, 1.54) is 36.8 Å². The molecule has 0 spiro atoms. The van der Waals surface area contributed by atoms with Crippen molar-refractivity contribution in [2.45, 2.75) is 52.7 Å². The Morgan fingerprint density at radius 1 is 1.25 bits per heavy atom. The zero-order valence-corrected chi connectivity index (χ0v) is 13.0. The number of nitrogens with one attached hydrogen (secondary N) is 1. The van der Waals surface area contributed by atoms with E-state index in [9.17, 15) is 0 Å². The Kier molecular flexibility index (Phi) is 6.55. The van der Waals surface area contributed by atoms with Crippen molar-refractivity contribution in [3.63, 3.8) is 0 Å². The van der Waals surface area contributed by atoms with Gasteiger partial charge >= 0.3 is 0 Å². The highest BCUT2D eigenvalue weighted by Crippen LogP contribution is 2.29. The molecular weight excluding hydrogens is 246 g/mol. The third kappa shape index (κ3) is 5.64. The first-order chi connectivity index (χ1) is 9.74. The van der Waals surface area contributed by atoms with Crippen molar-refractivity contribution in [3.8, 4) is 0 Å². The van der Waals surface area contributed by atoms with Crippen LogP contribution in [-0.2, 0) is 17.9 Å². The molecule has 0 atom stereocenters. The Morgan fingerprint density at radius 2 is 2.05 bits per heavy atom. The first kappa shape index (κ1) is 15.5. The molecule has 1 saturated carbocycles. The van der Waals surface area contributed by atoms with Gasteiger partial charge in [0.15, 0.2) is 0 Å². The quantitative estimate of drug-likeness (QED) is 0.684. The Balaban J connectivity index is 1.65. The molecular formula is C18H29NO. The minimum atomic E-state index is 0.702. The molecule has 112 valence electrons. The summed E-state index contributed by atoms with van der Waals surface area (Å²) < 4.78 is 5.80. The van der Waals surface area contributed by atoms with Gasteiger partial charge in [-0.2, -0.15) is 0 Å². The van der Waals surface area contributed by atoms with Gasteiger partial charge in [0.1, 0.15) is 0 Å². The minimum Gasteiger partial charge on any atom is -0.377 e. The molecule has 0 heterocycles. The lowest BCUT2D eigenvalue weighted by molar-refractivity contribution is 0.0949. The molecule has 2 nitrogen and oxygen atoms in total. The van der Waals surface area contributed by atoms with Crippen LogP contribution in [0, 0.1) is 11.8 Å². The van der Waals surface area contributed by atoms with Gasteiger partial charge in [0.25, 0.3) is 0 Å². The van der Waals surface area contributed by atoms with Crippen LogP contribution in [0.2, 0.25) is 0 Å². The van der Waals surface area contributed by atoms with E-state index in [2.05, 4.69) is 43.4 Å². The van der Waals surface area contributed by atoms with Gasteiger partial charge in [0.05, 0.1) is 6.61 Å². The fraction of sp³-hybridized carbons (Fsp3) is 0.667. The number of hydrogen-bond donors (Lipinski definition) is 1. The molecule has 1 aliphatic carbocycles. The second kappa shape index (κ2) is 8.43. The van der Waals surface area contributed by atoms with Crippen LogP contribution in [0.3, 0.4) is 0 Å². The minimum absolute atomic E-state index is 0.702. The standard InChI is InChI=1S/C18H29NO/c1-15(2)12-19-13-17-7-4-8-18(11-17)14-20-10-9-16-5-3-6-16/h4,7-8,11,15-16,19H,3,5-6,9-10,12-14H2,1-2H3. The molecule has 0 unspecified atom stereocenters. The predicted octanol–water partition coefficient (Wildman–Crippen LogP) is 4.14. The molecule has 0 radical (unpaired) electrons. The van der Waals surface area contributed by atoms with E-state index in [-0.39, 0.29) is 0 Å². The van der Waals surface area contributed by atoms with Crippen molar-refractivity contribution in [2.75, 3.05) is 13.2 Å². The highest BCUT2D eigenvalue weighted by atomic mass is 16.5. The van der Waals surface area contributed by atoms with E-state index in [1.807, 2.05) is 0 Å². The largest absolute Gasteiger partial charge is 0.377 e. The third-order valence-corrected chi connectivity index (χ3v) is 4.04. The van der Waals surface area contributed by atoms with Crippen LogP contribution in [0.1, 0.15) is 50.7 Å². The topological polar surface area (TPSA) is 21.3 Å². The Labute approximate surface area is 123 Å². The van der Waals surface area contributed by atoms with Crippen molar-refractivity contribution in [1.29, 1.82) is 0 Å². The number of hydrogen-bond acceptors (Lipinski definition) is 2. The van der Waals surface area contributed by atoms with Gasteiger partial charge < -0.3 is 10.1 Å². The predicted molar refractivity (Wildman–Crippen MR) is 84.6 cm³/mol. The summed E-state index contributed by atoms with van der Waals surface area (Å²) in [4.78, 5) is 0. The van der Waals surface area contributed by atoms with E-state index >= 15 is 0 Å².